The van der Waals surface area contributed by atoms with Gasteiger partial charge in [0.25, 0.3) is 0 Å². The molecule has 19 heavy (non-hydrogen) atoms. The Balaban J connectivity index is 2.91. The van der Waals surface area contributed by atoms with Crippen LogP contribution in [0.15, 0.2) is 18.2 Å². The number of methoxy groups -OCH3 is 3. The summed E-state index contributed by atoms with van der Waals surface area (Å²) in [5.74, 6) is 7.45. The number of hydrazine groups is 1. The molecule has 5 nitrogen and oxygen atoms in total. The SMILES string of the molecule is COCCC(C)C(NN)c1ccc(OC)c(OC)c1. The van der Waals surface area contributed by atoms with Crippen molar-refractivity contribution in [2.75, 3.05) is 27.9 Å². The molecule has 0 aliphatic heterocycles. The van der Waals surface area contributed by atoms with Gasteiger partial charge in [0.2, 0.25) is 0 Å². The van der Waals surface area contributed by atoms with Crippen LogP contribution in [-0.4, -0.2) is 27.9 Å². The molecule has 0 bridgehead atoms. The molecule has 2 unspecified atom stereocenters. The predicted octanol–water partition coefficient (Wildman–Crippen LogP) is 1.88. The van der Waals surface area contributed by atoms with E-state index in [0.29, 0.717) is 24.0 Å². The molecule has 3 N–H and O–H groups in total. The first-order valence-corrected chi connectivity index (χ1v) is 6.34. The van der Waals surface area contributed by atoms with E-state index in [0.717, 1.165) is 12.0 Å². The second-order valence-electron chi connectivity index (χ2n) is 4.52. The summed E-state index contributed by atoms with van der Waals surface area (Å²) in [6, 6.07) is 5.89. The maximum atomic E-state index is 5.68. The van der Waals surface area contributed by atoms with Gasteiger partial charge in [-0.3, -0.25) is 11.3 Å². The van der Waals surface area contributed by atoms with E-state index in [2.05, 4.69) is 12.3 Å². The topological polar surface area (TPSA) is 65.7 Å². The van der Waals surface area contributed by atoms with E-state index in [4.69, 9.17) is 20.1 Å². The molecule has 2 atom stereocenters. The number of rotatable bonds is 8. The highest BCUT2D eigenvalue weighted by Gasteiger charge is 2.19. The minimum atomic E-state index is 0.0509. The van der Waals surface area contributed by atoms with Crippen LogP contribution in [0.4, 0.5) is 0 Å². The monoisotopic (exact) mass is 268 g/mol. The van der Waals surface area contributed by atoms with Crippen LogP contribution in [0.3, 0.4) is 0 Å². The molecule has 0 saturated heterocycles. The van der Waals surface area contributed by atoms with Gasteiger partial charge in [0.15, 0.2) is 11.5 Å². The highest BCUT2D eigenvalue weighted by molar-refractivity contribution is 5.43. The van der Waals surface area contributed by atoms with Crippen LogP contribution < -0.4 is 20.7 Å². The molecule has 1 rings (SSSR count). The summed E-state index contributed by atoms with van der Waals surface area (Å²) in [4.78, 5) is 0. The zero-order valence-electron chi connectivity index (χ0n) is 12.1. The molecule has 0 aromatic heterocycles. The lowest BCUT2D eigenvalue weighted by atomic mass is 9.92. The van der Waals surface area contributed by atoms with Crippen molar-refractivity contribution in [2.24, 2.45) is 11.8 Å². The Morgan fingerprint density at radius 1 is 1.16 bits per heavy atom. The van der Waals surface area contributed by atoms with Crippen molar-refractivity contribution < 1.29 is 14.2 Å². The van der Waals surface area contributed by atoms with Crippen LogP contribution in [-0.2, 0) is 4.74 Å². The van der Waals surface area contributed by atoms with Crippen molar-refractivity contribution >= 4 is 0 Å². The average molecular weight is 268 g/mol. The second kappa shape index (κ2) is 7.99. The van der Waals surface area contributed by atoms with Gasteiger partial charge in [-0.05, 0) is 30.0 Å². The molecule has 0 amide bonds. The Bertz CT molecular complexity index is 385. The summed E-state index contributed by atoms with van der Waals surface area (Å²) in [5, 5.41) is 0. The van der Waals surface area contributed by atoms with Crippen LogP contribution in [0.1, 0.15) is 24.9 Å². The first-order chi connectivity index (χ1) is 9.17. The van der Waals surface area contributed by atoms with Crippen LogP contribution in [0.25, 0.3) is 0 Å². The number of nitrogens with two attached hydrogens (primary N) is 1. The molecule has 0 fully saturated rings. The van der Waals surface area contributed by atoms with E-state index in [1.807, 2.05) is 18.2 Å². The lowest BCUT2D eigenvalue weighted by molar-refractivity contribution is 0.170. The Morgan fingerprint density at radius 2 is 1.84 bits per heavy atom. The standard InChI is InChI=1S/C14H24N2O3/c1-10(7-8-17-2)14(16-15)11-5-6-12(18-3)13(9-11)19-4/h5-6,9-10,14,16H,7-8,15H2,1-4H3. The van der Waals surface area contributed by atoms with Crippen LogP contribution in [0, 0.1) is 5.92 Å². The van der Waals surface area contributed by atoms with Crippen molar-refractivity contribution in [3.63, 3.8) is 0 Å². The third-order valence-electron chi connectivity index (χ3n) is 3.29. The van der Waals surface area contributed by atoms with Gasteiger partial charge in [-0.1, -0.05) is 13.0 Å². The largest absolute Gasteiger partial charge is 0.493 e. The first-order valence-electron chi connectivity index (χ1n) is 6.34. The van der Waals surface area contributed by atoms with Crippen molar-refractivity contribution in [3.8, 4) is 11.5 Å². The Kier molecular flexibility index (Phi) is 6.62. The Labute approximate surface area is 115 Å². The van der Waals surface area contributed by atoms with Crippen LogP contribution in [0.2, 0.25) is 0 Å². The molecule has 1 aromatic rings. The van der Waals surface area contributed by atoms with E-state index >= 15 is 0 Å². The van der Waals surface area contributed by atoms with Gasteiger partial charge in [0.05, 0.1) is 14.2 Å². The molecule has 0 aliphatic rings. The first kappa shape index (κ1) is 15.8. The molecule has 0 aliphatic carbocycles. The fourth-order valence-corrected chi connectivity index (χ4v) is 2.11. The van der Waals surface area contributed by atoms with Crippen molar-refractivity contribution in [3.05, 3.63) is 23.8 Å². The highest BCUT2D eigenvalue weighted by atomic mass is 16.5. The minimum absolute atomic E-state index is 0.0509. The van der Waals surface area contributed by atoms with Gasteiger partial charge in [0.1, 0.15) is 0 Å². The van der Waals surface area contributed by atoms with Crippen LogP contribution >= 0.6 is 0 Å². The number of benzene rings is 1. The maximum absolute atomic E-state index is 5.68. The molecule has 108 valence electrons. The summed E-state index contributed by atoms with van der Waals surface area (Å²) in [5.41, 5.74) is 3.94. The fraction of sp³-hybridized carbons (Fsp3) is 0.571. The van der Waals surface area contributed by atoms with Crippen molar-refractivity contribution in [1.29, 1.82) is 0 Å². The molecular formula is C14H24N2O3. The summed E-state index contributed by atoms with van der Waals surface area (Å²) in [6.45, 7) is 2.85. The van der Waals surface area contributed by atoms with Gasteiger partial charge in [0, 0.05) is 19.8 Å². The van der Waals surface area contributed by atoms with Gasteiger partial charge < -0.3 is 14.2 Å². The van der Waals surface area contributed by atoms with Gasteiger partial charge in [-0.2, -0.15) is 0 Å². The molecule has 5 heteroatoms. The number of ether oxygens (including phenoxy) is 3. The van der Waals surface area contributed by atoms with E-state index in [1.165, 1.54) is 0 Å². The van der Waals surface area contributed by atoms with Crippen LogP contribution in [0.5, 0.6) is 11.5 Å². The molecular weight excluding hydrogens is 244 g/mol. The molecule has 0 spiro atoms. The van der Waals surface area contributed by atoms with E-state index in [-0.39, 0.29) is 6.04 Å². The highest BCUT2D eigenvalue weighted by Crippen LogP contribution is 2.32. The Morgan fingerprint density at radius 3 is 2.37 bits per heavy atom. The van der Waals surface area contributed by atoms with Crippen molar-refractivity contribution in [2.45, 2.75) is 19.4 Å². The lowest BCUT2D eigenvalue weighted by Crippen LogP contribution is -2.33. The zero-order chi connectivity index (χ0) is 14.3. The summed E-state index contributed by atoms with van der Waals surface area (Å²) in [7, 11) is 4.95. The fourth-order valence-electron chi connectivity index (χ4n) is 2.11. The van der Waals surface area contributed by atoms with E-state index in [9.17, 15) is 0 Å². The third kappa shape index (κ3) is 4.09. The summed E-state index contributed by atoms with van der Waals surface area (Å²) < 4.78 is 15.7. The third-order valence-corrected chi connectivity index (χ3v) is 3.29. The van der Waals surface area contributed by atoms with E-state index < -0.39 is 0 Å². The quantitative estimate of drug-likeness (QED) is 0.556. The number of nitrogens with one attached hydrogen (secondary N) is 1. The van der Waals surface area contributed by atoms with Crippen molar-refractivity contribution in [1.82, 2.24) is 5.43 Å². The van der Waals surface area contributed by atoms with Gasteiger partial charge in [-0.15, -0.1) is 0 Å². The Hall–Kier alpha value is -1.30. The minimum Gasteiger partial charge on any atom is -0.493 e. The summed E-state index contributed by atoms with van der Waals surface area (Å²) in [6.07, 6.45) is 0.930. The summed E-state index contributed by atoms with van der Waals surface area (Å²) >= 11 is 0. The molecule has 0 saturated carbocycles. The zero-order valence-corrected chi connectivity index (χ0v) is 12.1. The molecule has 0 radical (unpaired) electrons. The number of hydrogen-bond donors (Lipinski definition) is 2. The average Bonchev–Trinajstić information content (AvgIpc) is 2.45. The molecule has 0 heterocycles. The maximum Gasteiger partial charge on any atom is 0.161 e. The lowest BCUT2D eigenvalue weighted by Gasteiger charge is -2.24. The van der Waals surface area contributed by atoms with Gasteiger partial charge in [-0.25, -0.2) is 0 Å². The smallest absolute Gasteiger partial charge is 0.161 e. The van der Waals surface area contributed by atoms with Gasteiger partial charge >= 0.3 is 0 Å². The normalized spacial score (nSPS) is 13.9. The number of hydrogen-bond acceptors (Lipinski definition) is 5. The van der Waals surface area contributed by atoms with E-state index in [1.54, 1.807) is 21.3 Å². The second-order valence-corrected chi connectivity index (χ2v) is 4.52. The molecule has 1 aromatic carbocycles. The predicted molar refractivity (Wildman–Crippen MR) is 75.3 cm³/mol.